The lowest BCUT2D eigenvalue weighted by atomic mass is 10.4. The highest BCUT2D eigenvalue weighted by Gasteiger charge is 2.27. The van der Waals surface area contributed by atoms with Gasteiger partial charge in [0.2, 0.25) is 6.10 Å². The molecule has 0 aliphatic carbocycles. The van der Waals surface area contributed by atoms with Crippen molar-refractivity contribution in [2.75, 3.05) is 0 Å². The van der Waals surface area contributed by atoms with Gasteiger partial charge in [-0.1, -0.05) is 0 Å². The third-order valence-electron chi connectivity index (χ3n) is 0.607. The van der Waals surface area contributed by atoms with Gasteiger partial charge in [0.25, 0.3) is 0 Å². The van der Waals surface area contributed by atoms with E-state index in [1.807, 2.05) is 0 Å². The van der Waals surface area contributed by atoms with Gasteiger partial charge in [-0.3, -0.25) is 4.89 Å². The van der Waals surface area contributed by atoms with Gasteiger partial charge in [-0.2, -0.15) is 4.89 Å². The average molecular weight is 88.1 g/mol. The highest BCUT2D eigenvalue weighted by atomic mass is 17.3. The van der Waals surface area contributed by atoms with Gasteiger partial charge in [-0.15, -0.1) is 0 Å². The maximum atomic E-state index is 9.88. The quantitative estimate of drug-likeness (QED) is 0.387. The monoisotopic (exact) mass is 88.0 g/mol. The van der Waals surface area contributed by atoms with E-state index in [9.17, 15) is 4.79 Å². The minimum absolute atomic E-state index is 0.282. The first-order valence-corrected chi connectivity index (χ1v) is 1.68. The molecule has 34 valence electrons. The van der Waals surface area contributed by atoms with E-state index in [1.54, 1.807) is 6.92 Å². The molecular formula is C3H4O3. The molecule has 1 fully saturated rings. The van der Waals surface area contributed by atoms with Crippen LogP contribution in [0.4, 0.5) is 0 Å². The first-order valence-electron chi connectivity index (χ1n) is 1.68. The fourth-order valence-electron chi connectivity index (χ4n) is 0.184. The van der Waals surface area contributed by atoms with Crippen molar-refractivity contribution in [1.82, 2.24) is 0 Å². The van der Waals surface area contributed by atoms with E-state index in [4.69, 9.17) is 0 Å². The molecular weight excluding hydrogens is 84.0 g/mol. The van der Waals surface area contributed by atoms with Crippen LogP contribution in [0.3, 0.4) is 0 Å². The molecule has 0 N–H and O–H groups in total. The summed E-state index contributed by atoms with van der Waals surface area (Å²) in [5.41, 5.74) is 0. The predicted molar refractivity (Wildman–Crippen MR) is 16.6 cm³/mol. The topological polar surface area (TPSA) is 35.5 Å². The zero-order chi connectivity index (χ0) is 4.57. The number of carbonyl (C=O) groups is 1. The molecule has 1 saturated heterocycles. The van der Waals surface area contributed by atoms with Crippen molar-refractivity contribution in [3.05, 3.63) is 0 Å². The van der Waals surface area contributed by atoms with Crippen molar-refractivity contribution in [1.29, 1.82) is 0 Å². The zero-order valence-electron chi connectivity index (χ0n) is 3.30. The summed E-state index contributed by atoms with van der Waals surface area (Å²) in [4.78, 5) is 18.0. The number of hydrogen-bond acceptors (Lipinski definition) is 3. The molecule has 1 rings (SSSR count). The Labute approximate surface area is 34.8 Å². The molecule has 0 aromatic heterocycles. The Hall–Kier alpha value is -0.570. The second-order valence-electron chi connectivity index (χ2n) is 1.14. The first-order chi connectivity index (χ1) is 2.80. The summed E-state index contributed by atoms with van der Waals surface area (Å²) in [6, 6.07) is 0. The summed E-state index contributed by atoms with van der Waals surface area (Å²) in [6.45, 7) is 1.63. The van der Waals surface area contributed by atoms with Crippen LogP contribution in [0.25, 0.3) is 0 Å². The Kier molecular flexibility index (Phi) is 0.569. The van der Waals surface area contributed by atoms with Crippen molar-refractivity contribution < 1.29 is 14.6 Å². The molecule has 3 nitrogen and oxygen atoms in total. The lowest BCUT2D eigenvalue weighted by Gasteiger charge is -2.16. The van der Waals surface area contributed by atoms with Gasteiger partial charge in [0, 0.05) is 0 Å². The van der Waals surface area contributed by atoms with Gasteiger partial charge in [-0.25, -0.2) is 4.79 Å². The summed E-state index contributed by atoms with van der Waals surface area (Å²) >= 11 is 0. The van der Waals surface area contributed by atoms with Gasteiger partial charge < -0.3 is 0 Å². The second kappa shape index (κ2) is 0.944. The lowest BCUT2D eigenvalue weighted by Crippen LogP contribution is -2.34. The van der Waals surface area contributed by atoms with Gasteiger partial charge in [0.05, 0.1) is 0 Å². The van der Waals surface area contributed by atoms with Crippen LogP contribution in [0, 0.1) is 0 Å². The number of rotatable bonds is 0. The maximum absolute atomic E-state index is 9.88. The van der Waals surface area contributed by atoms with Gasteiger partial charge in [0.1, 0.15) is 0 Å². The standard InChI is InChI=1S/C3H4O3/c1-2-3(4)6-5-2/h2H,1H3. The van der Waals surface area contributed by atoms with Gasteiger partial charge in [-0.05, 0) is 6.92 Å². The van der Waals surface area contributed by atoms with Crippen LogP contribution < -0.4 is 0 Å². The minimum Gasteiger partial charge on any atom is -0.294 e. The molecule has 3 heteroatoms. The summed E-state index contributed by atoms with van der Waals surface area (Å²) < 4.78 is 0. The van der Waals surface area contributed by atoms with Crippen LogP contribution >= 0.6 is 0 Å². The molecule has 6 heavy (non-hydrogen) atoms. The number of carbonyl (C=O) groups excluding carboxylic acids is 1. The molecule has 0 spiro atoms. The molecule has 1 aliphatic rings. The van der Waals surface area contributed by atoms with E-state index in [1.165, 1.54) is 0 Å². The smallest absolute Gasteiger partial charge is 0.294 e. The Bertz CT molecular complexity index is 78.1. The summed E-state index contributed by atoms with van der Waals surface area (Å²) in [7, 11) is 0. The Morgan fingerprint density at radius 3 is 2.33 bits per heavy atom. The largest absolute Gasteiger partial charge is 0.374 e. The SMILES string of the molecule is CC1OOC1=O. The van der Waals surface area contributed by atoms with Gasteiger partial charge in [0.15, 0.2) is 0 Å². The molecule has 1 heterocycles. The van der Waals surface area contributed by atoms with E-state index < -0.39 is 0 Å². The van der Waals surface area contributed by atoms with Crippen molar-refractivity contribution >= 4 is 5.97 Å². The molecule has 0 aromatic carbocycles. The fourth-order valence-corrected chi connectivity index (χ4v) is 0.184. The van der Waals surface area contributed by atoms with Crippen LogP contribution in [0.1, 0.15) is 6.92 Å². The summed E-state index contributed by atoms with van der Waals surface area (Å²) in [5.74, 6) is -0.282. The van der Waals surface area contributed by atoms with Crippen molar-refractivity contribution in [3.63, 3.8) is 0 Å². The Morgan fingerprint density at radius 1 is 1.83 bits per heavy atom. The second-order valence-corrected chi connectivity index (χ2v) is 1.14. The van der Waals surface area contributed by atoms with Crippen LogP contribution in [0.5, 0.6) is 0 Å². The Morgan fingerprint density at radius 2 is 2.33 bits per heavy atom. The summed E-state index contributed by atoms with van der Waals surface area (Å²) in [5, 5.41) is 0. The molecule has 0 radical (unpaired) electrons. The van der Waals surface area contributed by atoms with E-state index in [-0.39, 0.29) is 12.1 Å². The van der Waals surface area contributed by atoms with Crippen molar-refractivity contribution in [2.24, 2.45) is 0 Å². The molecule has 0 amide bonds. The van der Waals surface area contributed by atoms with Crippen LogP contribution in [0.15, 0.2) is 0 Å². The minimum atomic E-state index is -0.329. The molecule has 1 unspecified atom stereocenters. The normalized spacial score (nSPS) is 31.5. The molecule has 1 atom stereocenters. The predicted octanol–water partition coefficient (Wildman–Crippen LogP) is -0.137. The maximum Gasteiger partial charge on any atom is 0.374 e. The van der Waals surface area contributed by atoms with Crippen LogP contribution in [-0.2, 0) is 14.6 Å². The van der Waals surface area contributed by atoms with E-state index >= 15 is 0 Å². The lowest BCUT2D eigenvalue weighted by molar-refractivity contribution is -0.357. The van der Waals surface area contributed by atoms with E-state index in [0.717, 1.165) is 0 Å². The van der Waals surface area contributed by atoms with Crippen LogP contribution in [0.2, 0.25) is 0 Å². The van der Waals surface area contributed by atoms with E-state index in [0.29, 0.717) is 0 Å². The highest BCUT2D eigenvalue weighted by Crippen LogP contribution is 2.05. The molecule has 0 saturated carbocycles. The van der Waals surface area contributed by atoms with Gasteiger partial charge >= 0.3 is 5.97 Å². The van der Waals surface area contributed by atoms with Crippen LogP contribution in [-0.4, -0.2) is 12.1 Å². The first kappa shape index (κ1) is 3.61. The van der Waals surface area contributed by atoms with E-state index in [2.05, 4.69) is 9.78 Å². The van der Waals surface area contributed by atoms with Crippen molar-refractivity contribution in [2.45, 2.75) is 13.0 Å². The third kappa shape index (κ3) is 0.285. The Balaban J connectivity index is 2.39. The third-order valence-corrected chi connectivity index (χ3v) is 0.607. The molecule has 0 aromatic rings. The van der Waals surface area contributed by atoms with Crippen molar-refractivity contribution in [3.8, 4) is 0 Å². The average Bonchev–Trinajstić information content (AvgIpc) is 1.61. The molecule has 1 aliphatic heterocycles. The zero-order valence-corrected chi connectivity index (χ0v) is 3.30. The fraction of sp³-hybridized carbons (Fsp3) is 0.667. The summed E-state index contributed by atoms with van der Waals surface area (Å²) in [6.07, 6.45) is -0.329. The number of hydrogen-bond donors (Lipinski definition) is 0. The highest BCUT2D eigenvalue weighted by molar-refractivity contribution is 5.76. The molecule has 0 bridgehead atoms.